The molecule has 20 heavy (non-hydrogen) atoms. The molecule has 0 fully saturated rings. The fourth-order valence-electron chi connectivity index (χ4n) is 1.71. The van der Waals surface area contributed by atoms with Gasteiger partial charge in [-0.05, 0) is 18.2 Å². The van der Waals surface area contributed by atoms with E-state index in [2.05, 4.69) is 15.0 Å². The molecule has 0 saturated heterocycles. The van der Waals surface area contributed by atoms with Gasteiger partial charge < -0.3 is 10.1 Å². The number of hydrogen-bond acceptors (Lipinski definition) is 5. The van der Waals surface area contributed by atoms with E-state index in [9.17, 15) is 9.59 Å². The van der Waals surface area contributed by atoms with E-state index in [0.717, 1.165) is 5.69 Å². The number of aromatic nitrogens is 1. The molecule has 1 aromatic carbocycles. The van der Waals surface area contributed by atoms with Gasteiger partial charge in [-0.1, -0.05) is 18.2 Å². The zero-order valence-corrected chi connectivity index (χ0v) is 11.0. The van der Waals surface area contributed by atoms with Crippen LogP contribution in [0.15, 0.2) is 48.8 Å². The zero-order chi connectivity index (χ0) is 14.4. The highest BCUT2D eigenvalue weighted by molar-refractivity contribution is 6.09. The van der Waals surface area contributed by atoms with Gasteiger partial charge in [0.25, 0.3) is 0 Å². The lowest BCUT2D eigenvalue weighted by Crippen LogP contribution is -2.11. The Morgan fingerprint density at radius 3 is 2.65 bits per heavy atom. The molecule has 0 aliphatic rings. The summed E-state index contributed by atoms with van der Waals surface area (Å²) in [6.07, 6.45) is 2.78. The second kappa shape index (κ2) is 6.47. The van der Waals surface area contributed by atoms with Gasteiger partial charge >= 0.3 is 5.97 Å². The Morgan fingerprint density at radius 1 is 1.20 bits per heavy atom. The molecule has 0 aliphatic carbocycles. The summed E-state index contributed by atoms with van der Waals surface area (Å²) >= 11 is 0. The average Bonchev–Trinajstić information content (AvgIpc) is 2.48. The van der Waals surface area contributed by atoms with Gasteiger partial charge in [-0.3, -0.25) is 14.6 Å². The molecule has 0 radical (unpaired) electrons. The number of nitrogens with zero attached hydrogens (tertiary/aromatic N) is 1. The van der Waals surface area contributed by atoms with Crippen LogP contribution in [-0.4, -0.2) is 23.8 Å². The van der Waals surface area contributed by atoms with Crippen LogP contribution in [-0.2, 0) is 9.53 Å². The van der Waals surface area contributed by atoms with Gasteiger partial charge in [-0.15, -0.1) is 0 Å². The predicted octanol–water partition coefficient (Wildman–Crippen LogP) is 2.57. The minimum Gasteiger partial charge on any atom is -0.469 e. The number of rotatable bonds is 5. The number of ether oxygens (including phenoxy) is 1. The smallest absolute Gasteiger partial charge is 0.313 e. The number of Topliss-reactive ketones (excluding diaryl/α,β-unsaturated/α-hetero) is 1. The molecule has 1 aromatic heterocycles. The molecule has 0 spiro atoms. The first-order valence-corrected chi connectivity index (χ1v) is 6.07. The number of anilines is 2. The van der Waals surface area contributed by atoms with Crippen LogP contribution in [0.4, 0.5) is 11.4 Å². The third-order valence-electron chi connectivity index (χ3n) is 2.71. The largest absolute Gasteiger partial charge is 0.469 e. The van der Waals surface area contributed by atoms with Crippen LogP contribution < -0.4 is 5.32 Å². The van der Waals surface area contributed by atoms with Crippen molar-refractivity contribution in [2.24, 2.45) is 0 Å². The first-order valence-electron chi connectivity index (χ1n) is 6.07. The van der Waals surface area contributed by atoms with Crippen LogP contribution in [0.3, 0.4) is 0 Å². The van der Waals surface area contributed by atoms with Crippen molar-refractivity contribution < 1.29 is 14.3 Å². The lowest BCUT2D eigenvalue weighted by molar-refractivity contribution is -0.139. The number of pyridine rings is 1. The van der Waals surface area contributed by atoms with Crippen molar-refractivity contribution in [1.29, 1.82) is 0 Å². The van der Waals surface area contributed by atoms with E-state index in [-0.39, 0.29) is 12.2 Å². The Kier molecular flexibility index (Phi) is 4.44. The third kappa shape index (κ3) is 3.41. The van der Waals surface area contributed by atoms with E-state index >= 15 is 0 Å². The molecule has 102 valence electrons. The van der Waals surface area contributed by atoms with Crippen molar-refractivity contribution in [3.63, 3.8) is 0 Å². The van der Waals surface area contributed by atoms with Crippen LogP contribution in [0.1, 0.15) is 16.8 Å². The highest BCUT2D eigenvalue weighted by Crippen LogP contribution is 2.20. The van der Waals surface area contributed by atoms with Crippen LogP contribution in [0, 0.1) is 0 Å². The molecular weight excluding hydrogens is 256 g/mol. The van der Waals surface area contributed by atoms with Crippen molar-refractivity contribution in [2.45, 2.75) is 6.42 Å². The van der Waals surface area contributed by atoms with Crippen molar-refractivity contribution in [2.75, 3.05) is 12.4 Å². The highest BCUT2D eigenvalue weighted by Gasteiger charge is 2.15. The summed E-state index contributed by atoms with van der Waals surface area (Å²) < 4.78 is 4.50. The summed E-state index contributed by atoms with van der Waals surface area (Å²) in [7, 11) is 1.26. The minimum atomic E-state index is -0.558. The normalized spacial score (nSPS) is 9.85. The average molecular weight is 270 g/mol. The molecular formula is C15H14N2O3. The highest BCUT2D eigenvalue weighted by atomic mass is 16.5. The van der Waals surface area contributed by atoms with E-state index < -0.39 is 5.97 Å². The second-order valence-corrected chi connectivity index (χ2v) is 4.09. The summed E-state index contributed by atoms with van der Waals surface area (Å²) in [5.41, 5.74) is 1.81. The Labute approximate surface area is 116 Å². The summed E-state index contributed by atoms with van der Waals surface area (Å²) in [5.74, 6) is -0.866. The summed E-state index contributed by atoms with van der Waals surface area (Å²) in [6.45, 7) is 0. The third-order valence-corrected chi connectivity index (χ3v) is 2.71. The minimum absolute atomic E-state index is 0.288. The van der Waals surface area contributed by atoms with E-state index in [1.807, 2.05) is 30.3 Å². The Balaban J connectivity index is 2.22. The number of hydrogen-bond donors (Lipinski definition) is 1. The molecule has 2 aromatic rings. The van der Waals surface area contributed by atoms with Crippen LogP contribution in [0.5, 0.6) is 0 Å². The lowest BCUT2D eigenvalue weighted by atomic mass is 10.1. The van der Waals surface area contributed by atoms with E-state index in [1.54, 1.807) is 12.3 Å². The molecule has 0 bridgehead atoms. The number of methoxy groups -OCH3 is 1. The van der Waals surface area contributed by atoms with Crippen LogP contribution in [0.2, 0.25) is 0 Å². The van der Waals surface area contributed by atoms with E-state index in [1.165, 1.54) is 13.3 Å². The standard InChI is InChI=1S/C15H14N2O3/c1-20-15(19)9-14(18)12-7-8-16-10-13(12)17-11-5-3-2-4-6-11/h2-8,10,17H,9H2,1H3. The SMILES string of the molecule is COC(=O)CC(=O)c1ccncc1Nc1ccccc1. The monoisotopic (exact) mass is 270 g/mol. The number of carbonyl (C=O) groups is 2. The Bertz CT molecular complexity index is 612. The summed E-state index contributed by atoms with van der Waals surface area (Å²) in [4.78, 5) is 27.2. The Hall–Kier alpha value is -2.69. The fraction of sp³-hybridized carbons (Fsp3) is 0.133. The lowest BCUT2D eigenvalue weighted by Gasteiger charge is -2.10. The molecule has 0 atom stereocenters. The van der Waals surface area contributed by atoms with Gasteiger partial charge in [0.1, 0.15) is 6.42 Å². The first kappa shape index (κ1) is 13.7. The van der Waals surface area contributed by atoms with Crippen molar-refractivity contribution >= 4 is 23.1 Å². The molecule has 5 nitrogen and oxygen atoms in total. The van der Waals surface area contributed by atoms with Gasteiger partial charge in [-0.25, -0.2) is 0 Å². The van der Waals surface area contributed by atoms with Gasteiger partial charge in [0.2, 0.25) is 0 Å². The Morgan fingerprint density at radius 2 is 1.95 bits per heavy atom. The molecule has 0 aliphatic heterocycles. The van der Waals surface area contributed by atoms with Crippen molar-refractivity contribution in [3.05, 3.63) is 54.4 Å². The second-order valence-electron chi connectivity index (χ2n) is 4.09. The molecule has 2 rings (SSSR count). The number of esters is 1. The van der Waals surface area contributed by atoms with Gasteiger partial charge in [-0.2, -0.15) is 0 Å². The summed E-state index contributed by atoms with van der Waals surface area (Å²) in [5, 5.41) is 3.11. The van der Waals surface area contributed by atoms with Gasteiger partial charge in [0, 0.05) is 17.4 Å². The number of para-hydroxylation sites is 1. The predicted molar refractivity (Wildman–Crippen MR) is 74.9 cm³/mol. The maximum Gasteiger partial charge on any atom is 0.313 e. The van der Waals surface area contributed by atoms with Crippen LogP contribution in [0.25, 0.3) is 0 Å². The molecule has 0 amide bonds. The fourth-order valence-corrected chi connectivity index (χ4v) is 1.71. The molecule has 1 heterocycles. The van der Waals surface area contributed by atoms with Crippen molar-refractivity contribution in [1.82, 2.24) is 4.98 Å². The van der Waals surface area contributed by atoms with Gasteiger partial charge in [0.15, 0.2) is 5.78 Å². The number of benzene rings is 1. The topological polar surface area (TPSA) is 68.3 Å². The molecule has 0 unspecified atom stereocenters. The molecule has 0 saturated carbocycles. The van der Waals surface area contributed by atoms with Gasteiger partial charge in [0.05, 0.1) is 19.0 Å². The van der Waals surface area contributed by atoms with Crippen molar-refractivity contribution in [3.8, 4) is 0 Å². The summed E-state index contributed by atoms with van der Waals surface area (Å²) in [6, 6.07) is 11.0. The number of nitrogens with one attached hydrogen (secondary N) is 1. The quantitative estimate of drug-likeness (QED) is 0.514. The zero-order valence-electron chi connectivity index (χ0n) is 11.0. The van der Waals surface area contributed by atoms with E-state index in [0.29, 0.717) is 11.3 Å². The van der Waals surface area contributed by atoms with E-state index in [4.69, 9.17) is 0 Å². The first-order chi connectivity index (χ1) is 9.70. The maximum absolute atomic E-state index is 12.1. The molecule has 1 N–H and O–H groups in total. The maximum atomic E-state index is 12.1. The number of carbonyl (C=O) groups excluding carboxylic acids is 2. The molecule has 5 heteroatoms. The van der Waals surface area contributed by atoms with Crippen LogP contribution >= 0.6 is 0 Å². The number of ketones is 1.